The lowest BCUT2D eigenvalue weighted by Gasteiger charge is -2.49. The lowest BCUT2D eigenvalue weighted by Crippen LogP contribution is -2.62. The van der Waals surface area contributed by atoms with Gasteiger partial charge in [-0.25, -0.2) is 4.39 Å². The Labute approximate surface area is 166 Å². The van der Waals surface area contributed by atoms with Crippen LogP contribution >= 0.6 is 0 Å². The molecule has 1 amide bonds. The summed E-state index contributed by atoms with van der Waals surface area (Å²) in [6.45, 7) is 12.4. The van der Waals surface area contributed by atoms with E-state index in [1.54, 1.807) is 4.90 Å². The molecule has 0 spiro atoms. The average molecular weight is 394 g/mol. The van der Waals surface area contributed by atoms with Gasteiger partial charge in [-0.3, -0.25) is 14.9 Å². The highest BCUT2D eigenvalue weighted by Crippen LogP contribution is 2.33. The van der Waals surface area contributed by atoms with Crippen LogP contribution in [0.25, 0.3) is 0 Å². The van der Waals surface area contributed by atoms with E-state index in [1.807, 2.05) is 0 Å². The van der Waals surface area contributed by atoms with Crippen LogP contribution in [0.5, 0.6) is 0 Å². The molecular weight excluding hydrogens is 361 g/mol. The van der Waals surface area contributed by atoms with Crippen molar-refractivity contribution in [1.82, 2.24) is 10.2 Å². The zero-order valence-corrected chi connectivity index (χ0v) is 17.8. The van der Waals surface area contributed by atoms with Gasteiger partial charge in [0.05, 0.1) is 10.5 Å². The van der Waals surface area contributed by atoms with Gasteiger partial charge in [-0.1, -0.05) is 13.3 Å². The number of hydrogen-bond acceptors (Lipinski definition) is 4. The predicted molar refractivity (Wildman–Crippen MR) is 108 cm³/mol. The molecule has 156 valence electrons. The van der Waals surface area contributed by atoms with Crippen LogP contribution in [0.2, 0.25) is 0 Å². The first kappa shape index (κ1) is 22.3. The van der Waals surface area contributed by atoms with Crippen LogP contribution in [0.1, 0.15) is 76.2 Å². The number of benzene rings is 1. The van der Waals surface area contributed by atoms with E-state index >= 15 is 0 Å². The minimum atomic E-state index is -0.723. The van der Waals surface area contributed by atoms with E-state index in [4.69, 9.17) is 0 Å². The van der Waals surface area contributed by atoms with Gasteiger partial charge >= 0.3 is 0 Å². The van der Waals surface area contributed by atoms with E-state index in [0.717, 1.165) is 31.7 Å². The minimum Gasteiger partial charge on any atom is -0.336 e. The maximum absolute atomic E-state index is 14.3. The molecule has 7 heteroatoms. The van der Waals surface area contributed by atoms with Crippen LogP contribution in [-0.4, -0.2) is 39.4 Å². The van der Waals surface area contributed by atoms with Crippen LogP contribution in [0.15, 0.2) is 12.1 Å². The second kappa shape index (κ2) is 8.15. The number of piperidine rings is 1. The van der Waals surface area contributed by atoms with Crippen LogP contribution in [0.4, 0.5) is 10.1 Å². The van der Waals surface area contributed by atoms with Crippen LogP contribution < -0.4 is 5.32 Å². The second-order valence-corrected chi connectivity index (χ2v) is 9.17. The monoisotopic (exact) mass is 393 g/mol. The second-order valence-electron chi connectivity index (χ2n) is 9.17. The Morgan fingerprint density at radius 3 is 2.36 bits per heavy atom. The largest absolute Gasteiger partial charge is 0.336 e. The number of halogens is 1. The highest BCUT2D eigenvalue weighted by molar-refractivity contribution is 5.95. The van der Waals surface area contributed by atoms with Crippen molar-refractivity contribution in [2.24, 2.45) is 0 Å². The van der Waals surface area contributed by atoms with E-state index in [-0.39, 0.29) is 39.8 Å². The molecule has 0 aliphatic carbocycles. The molecule has 1 fully saturated rings. The summed E-state index contributed by atoms with van der Waals surface area (Å²) in [4.78, 5) is 25.8. The number of unbranched alkanes of at least 4 members (excludes halogenated alkanes) is 1. The van der Waals surface area contributed by atoms with Gasteiger partial charge in [0.1, 0.15) is 5.82 Å². The molecule has 1 aliphatic heterocycles. The molecule has 28 heavy (non-hydrogen) atoms. The summed E-state index contributed by atoms with van der Waals surface area (Å²) in [5.41, 5.74) is -0.667. The Bertz CT molecular complexity index is 746. The summed E-state index contributed by atoms with van der Waals surface area (Å²) in [6.07, 6.45) is 3.28. The molecule has 0 bridgehead atoms. The molecule has 2 rings (SSSR count). The summed E-state index contributed by atoms with van der Waals surface area (Å²) in [6, 6.07) is 2.31. The topological polar surface area (TPSA) is 75.5 Å². The fourth-order valence-corrected chi connectivity index (χ4v) is 4.41. The zero-order chi connectivity index (χ0) is 21.3. The average Bonchev–Trinajstić information content (AvgIpc) is 2.54. The molecule has 1 aromatic rings. The van der Waals surface area contributed by atoms with Gasteiger partial charge in [0.25, 0.3) is 11.6 Å². The van der Waals surface area contributed by atoms with Gasteiger partial charge in [0, 0.05) is 35.3 Å². The number of rotatable bonds is 6. The molecule has 0 atom stereocenters. The van der Waals surface area contributed by atoms with Gasteiger partial charge in [0.15, 0.2) is 0 Å². The quantitative estimate of drug-likeness (QED) is 0.566. The third kappa shape index (κ3) is 5.07. The van der Waals surface area contributed by atoms with Crippen molar-refractivity contribution < 1.29 is 14.1 Å². The van der Waals surface area contributed by atoms with Gasteiger partial charge in [0.2, 0.25) is 0 Å². The maximum atomic E-state index is 14.3. The Morgan fingerprint density at radius 1 is 1.29 bits per heavy atom. The normalized spacial score (nSPS) is 18.7. The molecule has 0 saturated carbocycles. The van der Waals surface area contributed by atoms with Crippen molar-refractivity contribution in [1.29, 1.82) is 0 Å². The van der Waals surface area contributed by atoms with Gasteiger partial charge < -0.3 is 10.2 Å². The van der Waals surface area contributed by atoms with E-state index in [0.29, 0.717) is 6.54 Å². The molecule has 1 saturated heterocycles. The van der Waals surface area contributed by atoms with Crippen molar-refractivity contribution in [2.45, 2.75) is 84.3 Å². The van der Waals surface area contributed by atoms with Crippen molar-refractivity contribution in [3.05, 3.63) is 39.2 Å². The highest BCUT2D eigenvalue weighted by atomic mass is 19.1. The maximum Gasteiger partial charge on any atom is 0.276 e. The van der Waals surface area contributed by atoms with Crippen LogP contribution in [0.3, 0.4) is 0 Å². The number of nitrogens with zero attached hydrogens (tertiary/aromatic N) is 2. The number of carbonyl (C=O) groups is 1. The molecule has 1 aliphatic rings. The molecule has 1 aromatic carbocycles. The van der Waals surface area contributed by atoms with Crippen molar-refractivity contribution in [2.75, 3.05) is 6.54 Å². The van der Waals surface area contributed by atoms with Crippen LogP contribution in [0, 0.1) is 22.9 Å². The van der Waals surface area contributed by atoms with E-state index in [1.165, 1.54) is 13.0 Å². The molecule has 0 radical (unpaired) electrons. The van der Waals surface area contributed by atoms with E-state index in [2.05, 4.69) is 39.9 Å². The smallest absolute Gasteiger partial charge is 0.276 e. The molecular formula is C21H32FN3O3. The Morgan fingerprint density at radius 2 is 1.86 bits per heavy atom. The first-order valence-electron chi connectivity index (χ1n) is 9.92. The molecule has 1 N–H and O–H groups in total. The van der Waals surface area contributed by atoms with Crippen molar-refractivity contribution >= 4 is 11.6 Å². The molecule has 0 unspecified atom stereocenters. The Hall–Kier alpha value is -2.02. The first-order chi connectivity index (χ1) is 12.9. The summed E-state index contributed by atoms with van der Waals surface area (Å²) < 4.78 is 14.3. The number of amides is 1. The summed E-state index contributed by atoms with van der Waals surface area (Å²) in [7, 11) is 0. The summed E-state index contributed by atoms with van der Waals surface area (Å²) in [5.74, 6) is -1.06. The van der Waals surface area contributed by atoms with Gasteiger partial charge in [-0.2, -0.15) is 0 Å². The number of nitro groups is 1. The number of nitro benzene ring substituents is 1. The standard InChI is InChI=1S/C21H32FN3O3/c1-7-8-9-24(16-12-20(3,4)23-21(5,6)13-16)19(26)15-10-17(22)14(2)18(11-15)25(27)28/h10-11,16,23H,7-9,12-13H2,1-6H3. The third-order valence-electron chi connectivity index (χ3n) is 5.38. The number of carbonyl (C=O) groups excluding carboxylic acids is 1. The molecule has 0 aromatic heterocycles. The number of nitrogens with one attached hydrogen (secondary N) is 1. The van der Waals surface area contributed by atoms with Crippen molar-refractivity contribution in [3.63, 3.8) is 0 Å². The summed E-state index contributed by atoms with van der Waals surface area (Å²) in [5, 5.41) is 14.9. The fourth-order valence-electron chi connectivity index (χ4n) is 4.41. The lowest BCUT2D eigenvalue weighted by atomic mass is 9.78. The lowest BCUT2D eigenvalue weighted by molar-refractivity contribution is -0.385. The van der Waals surface area contributed by atoms with Crippen LogP contribution in [-0.2, 0) is 0 Å². The zero-order valence-electron chi connectivity index (χ0n) is 17.8. The van der Waals surface area contributed by atoms with Gasteiger partial charge in [-0.15, -0.1) is 0 Å². The SMILES string of the molecule is CCCCN(C(=O)c1cc(F)c(C)c([N+](=O)[O-])c1)C1CC(C)(C)NC(C)(C)C1. The molecule has 1 heterocycles. The van der Waals surface area contributed by atoms with Crippen molar-refractivity contribution in [3.8, 4) is 0 Å². The first-order valence-corrected chi connectivity index (χ1v) is 9.92. The van der Waals surface area contributed by atoms with Gasteiger partial charge in [-0.05, 0) is 59.9 Å². The number of hydrogen-bond donors (Lipinski definition) is 1. The highest BCUT2D eigenvalue weighted by Gasteiger charge is 2.41. The summed E-state index contributed by atoms with van der Waals surface area (Å²) >= 11 is 0. The Balaban J connectivity index is 2.43. The third-order valence-corrected chi connectivity index (χ3v) is 5.38. The Kier molecular flexibility index (Phi) is 6.48. The molecule has 6 nitrogen and oxygen atoms in total. The fraction of sp³-hybridized carbons (Fsp3) is 0.667. The van der Waals surface area contributed by atoms with E-state index in [9.17, 15) is 19.3 Å². The van der Waals surface area contributed by atoms with E-state index < -0.39 is 10.7 Å². The predicted octanol–water partition coefficient (Wildman–Crippen LogP) is 4.59. The minimum absolute atomic E-state index is 0.0197.